The molecular formula is C13H18N2O3. The summed E-state index contributed by atoms with van der Waals surface area (Å²) in [7, 11) is 1.54. The Morgan fingerprint density at radius 3 is 3.00 bits per heavy atom. The zero-order chi connectivity index (χ0) is 13.0. The number of aromatic nitrogens is 1. The lowest BCUT2D eigenvalue weighted by atomic mass is 10.1. The third-order valence-electron chi connectivity index (χ3n) is 3.09. The zero-order valence-corrected chi connectivity index (χ0v) is 10.7. The minimum Gasteiger partial charge on any atom is -0.481 e. The van der Waals surface area contributed by atoms with Crippen molar-refractivity contribution < 1.29 is 14.3 Å². The van der Waals surface area contributed by atoms with E-state index in [0.29, 0.717) is 11.4 Å². The Kier molecular flexibility index (Phi) is 4.15. The Hall–Kier alpha value is -1.62. The topological polar surface area (TPSA) is 60.5 Å². The summed E-state index contributed by atoms with van der Waals surface area (Å²) >= 11 is 0. The van der Waals surface area contributed by atoms with Crippen molar-refractivity contribution in [3.05, 3.63) is 23.9 Å². The van der Waals surface area contributed by atoms with Crippen LogP contribution in [0, 0.1) is 0 Å². The highest BCUT2D eigenvalue weighted by atomic mass is 16.5. The van der Waals surface area contributed by atoms with E-state index in [-0.39, 0.29) is 18.1 Å². The van der Waals surface area contributed by atoms with Gasteiger partial charge >= 0.3 is 0 Å². The number of nitrogens with zero attached hydrogens (tertiary/aromatic N) is 1. The lowest BCUT2D eigenvalue weighted by Crippen LogP contribution is -2.40. The van der Waals surface area contributed by atoms with Crippen LogP contribution in [0.1, 0.15) is 30.1 Å². The van der Waals surface area contributed by atoms with Gasteiger partial charge in [-0.05, 0) is 25.8 Å². The van der Waals surface area contributed by atoms with Crippen LogP contribution in [0.15, 0.2) is 18.3 Å². The molecule has 0 aliphatic carbocycles. The molecule has 98 valence electrons. The third-order valence-corrected chi connectivity index (χ3v) is 3.09. The van der Waals surface area contributed by atoms with Crippen LogP contribution in [-0.2, 0) is 4.74 Å². The minimum absolute atomic E-state index is 0.0158. The lowest BCUT2D eigenvalue weighted by Gasteiger charge is -2.19. The average molecular weight is 250 g/mol. The molecule has 1 amide bonds. The van der Waals surface area contributed by atoms with Gasteiger partial charge < -0.3 is 14.8 Å². The van der Waals surface area contributed by atoms with Crippen molar-refractivity contribution in [1.29, 1.82) is 0 Å². The van der Waals surface area contributed by atoms with Gasteiger partial charge in [-0.25, -0.2) is 4.98 Å². The third kappa shape index (κ3) is 2.98. The van der Waals surface area contributed by atoms with Gasteiger partial charge in [-0.15, -0.1) is 0 Å². The molecule has 2 rings (SSSR count). The number of pyridine rings is 1. The first-order chi connectivity index (χ1) is 8.70. The highest BCUT2D eigenvalue weighted by Crippen LogP contribution is 2.16. The quantitative estimate of drug-likeness (QED) is 0.877. The van der Waals surface area contributed by atoms with Gasteiger partial charge in [0.25, 0.3) is 5.91 Å². The van der Waals surface area contributed by atoms with E-state index < -0.39 is 0 Å². The molecule has 0 spiro atoms. The van der Waals surface area contributed by atoms with Gasteiger partial charge in [0.05, 0.1) is 24.8 Å². The summed E-state index contributed by atoms with van der Waals surface area (Å²) in [5.41, 5.74) is 0.528. The smallest absolute Gasteiger partial charge is 0.253 e. The highest BCUT2D eigenvalue weighted by Gasteiger charge is 2.23. The Labute approximate surface area is 107 Å². The van der Waals surface area contributed by atoms with Crippen molar-refractivity contribution in [1.82, 2.24) is 10.3 Å². The molecule has 1 aromatic heterocycles. The number of carbonyl (C=O) groups excluding carboxylic acids is 1. The van der Waals surface area contributed by atoms with Crippen molar-refractivity contribution >= 4 is 5.91 Å². The summed E-state index contributed by atoms with van der Waals surface area (Å²) in [4.78, 5) is 16.0. The Balaban J connectivity index is 1.93. The molecule has 1 aromatic rings. The summed E-state index contributed by atoms with van der Waals surface area (Å²) in [6.45, 7) is 2.75. The molecule has 2 atom stereocenters. The molecule has 0 saturated carbocycles. The van der Waals surface area contributed by atoms with Crippen LogP contribution in [0.3, 0.4) is 0 Å². The van der Waals surface area contributed by atoms with Crippen LogP contribution in [-0.4, -0.2) is 36.8 Å². The van der Waals surface area contributed by atoms with E-state index in [9.17, 15) is 4.79 Å². The number of rotatable bonds is 4. The van der Waals surface area contributed by atoms with E-state index in [2.05, 4.69) is 10.3 Å². The number of nitrogens with one attached hydrogen (secondary N) is 1. The Morgan fingerprint density at radius 1 is 1.61 bits per heavy atom. The number of amides is 1. The standard InChI is InChI=1S/C13H18N2O3/c1-9(11-4-3-7-18-11)15-13(16)10-5-6-12(17-2)14-8-10/h5-6,8-9,11H,3-4,7H2,1-2H3,(H,15,16)/t9-,11-/m0/s1. The monoisotopic (exact) mass is 250 g/mol. The van der Waals surface area contributed by atoms with Crippen molar-refractivity contribution in [2.75, 3.05) is 13.7 Å². The van der Waals surface area contributed by atoms with Gasteiger partial charge in [-0.3, -0.25) is 4.79 Å². The van der Waals surface area contributed by atoms with Crippen LogP contribution in [0.2, 0.25) is 0 Å². The lowest BCUT2D eigenvalue weighted by molar-refractivity contribution is 0.0712. The van der Waals surface area contributed by atoms with Crippen molar-refractivity contribution in [3.8, 4) is 5.88 Å². The first kappa shape index (κ1) is 12.8. The fourth-order valence-electron chi connectivity index (χ4n) is 2.02. The predicted molar refractivity (Wildman–Crippen MR) is 66.7 cm³/mol. The van der Waals surface area contributed by atoms with Crippen LogP contribution in [0.25, 0.3) is 0 Å². The maximum absolute atomic E-state index is 12.0. The molecule has 1 fully saturated rings. The van der Waals surface area contributed by atoms with E-state index in [1.54, 1.807) is 19.2 Å². The van der Waals surface area contributed by atoms with Crippen molar-refractivity contribution in [2.24, 2.45) is 0 Å². The second-order valence-electron chi connectivity index (χ2n) is 4.40. The highest BCUT2D eigenvalue weighted by molar-refractivity contribution is 5.94. The van der Waals surface area contributed by atoms with Crippen LogP contribution in [0.5, 0.6) is 5.88 Å². The molecule has 1 aliphatic heterocycles. The molecule has 5 heteroatoms. The van der Waals surface area contributed by atoms with Crippen molar-refractivity contribution in [2.45, 2.75) is 31.9 Å². The molecule has 0 unspecified atom stereocenters. The van der Waals surface area contributed by atoms with Gasteiger partial charge in [0.1, 0.15) is 0 Å². The van der Waals surface area contributed by atoms with E-state index in [1.807, 2.05) is 6.92 Å². The molecule has 2 heterocycles. The first-order valence-corrected chi connectivity index (χ1v) is 6.13. The first-order valence-electron chi connectivity index (χ1n) is 6.13. The fourth-order valence-corrected chi connectivity index (χ4v) is 2.02. The maximum Gasteiger partial charge on any atom is 0.253 e. The van der Waals surface area contributed by atoms with Crippen LogP contribution >= 0.6 is 0 Å². The largest absolute Gasteiger partial charge is 0.481 e. The summed E-state index contributed by atoms with van der Waals surface area (Å²) in [6, 6.07) is 3.39. The summed E-state index contributed by atoms with van der Waals surface area (Å²) < 4.78 is 10.5. The van der Waals surface area contributed by atoms with E-state index in [1.165, 1.54) is 6.20 Å². The van der Waals surface area contributed by atoms with E-state index >= 15 is 0 Å². The maximum atomic E-state index is 12.0. The zero-order valence-electron chi connectivity index (χ0n) is 10.7. The summed E-state index contributed by atoms with van der Waals surface area (Å²) in [6.07, 6.45) is 3.70. The Bertz CT molecular complexity index is 399. The van der Waals surface area contributed by atoms with Gasteiger partial charge in [-0.1, -0.05) is 0 Å². The van der Waals surface area contributed by atoms with E-state index in [0.717, 1.165) is 19.4 Å². The van der Waals surface area contributed by atoms with Gasteiger partial charge in [-0.2, -0.15) is 0 Å². The second kappa shape index (κ2) is 5.82. The summed E-state index contributed by atoms with van der Waals surface area (Å²) in [5.74, 6) is 0.367. The molecule has 18 heavy (non-hydrogen) atoms. The number of methoxy groups -OCH3 is 1. The fraction of sp³-hybridized carbons (Fsp3) is 0.538. The van der Waals surface area contributed by atoms with Gasteiger partial charge in [0, 0.05) is 18.9 Å². The molecule has 1 N–H and O–H groups in total. The SMILES string of the molecule is COc1ccc(C(=O)N[C@@H](C)[C@@H]2CCCO2)cn1. The van der Waals surface area contributed by atoms with E-state index in [4.69, 9.17) is 9.47 Å². The number of ether oxygens (including phenoxy) is 2. The van der Waals surface area contributed by atoms with Gasteiger partial charge in [0.2, 0.25) is 5.88 Å². The molecule has 1 aliphatic rings. The molecule has 5 nitrogen and oxygen atoms in total. The van der Waals surface area contributed by atoms with Crippen LogP contribution < -0.4 is 10.1 Å². The molecule has 0 radical (unpaired) electrons. The molecular weight excluding hydrogens is 232 g/mol. The van der Waals surface area contributed by atoms with Crippen LogP contribution in [0.4, 0.5) is 0 Å². The molecule has 1 saturated heterocycles. The minimum atomic E-state index is -0.131. The number of carbonyl (C=O) groups is 1. The summed E-state index contributed by atoms with van der Waals surface area (Å²) in [5, 5.41) is 2.93. The average Bonchev–Trinajstić information content (AvgIpc) is 2.92. The van der Waals surface area contributed by atoms with Gasteiger partial charge in [0.15, 0.2) is 0 Å². The second-order valence-corrected chi connectivity index (χ2v) is 4.40. The number of hydrogen-bond acceptors (Lipinski definition) is 4. The number of hydrogen-bond donors (Lipinski definition) is 1. The van der Waals surface area contributed by atoms with Crippen molar-refractivity contribution in [3.63, 3.8) is 0 Å². The normalized spacial score (nSPS) is 20.4. The predicted octanol–water partition coefficient (Wildman–Crippen LogP) is 1.39. The Morgan fingerprint density at radius 2 is 2.44 bits per heavy atom. The molecule has 0 bridgehead atoms. The molecule has 0 aromatic carbocycles.